The fourth-order valence-electron chi connectivity index (χ4n) is 2.10. The van der Waals surface area contributed by atoms with Crippen LogP contribution >= 0.6 is 0 Å². The Labute approximate surface area is 125 Å². The number of aliphatic hydroxyl groups excluding tert-OH is 3. The summed E-state index contributed by atoms with van der Waals surface area (Å²) in [4.78, 5) is 6.51. The van der Waals surface area contributed by atoms with E-state index in [1.54, 1.807) is 12.1 Å². The van der Waals surface area contributed by atoms with Crippen LogP contribution in [0.4, 0.5) is 0 Å². The summed E-state index contributed by atoms with van der Waals surface area (Å²) < 4.78 is 15.8. The summed E-state index contributed by atoms with van der Waals surface area (Å²) in [5, 5.41) is 32.7. The van der Waals surface area contributed by atoms with Crippen molar-refractivity contribution in [2.45, 2.75) is 30.6 Å². The van der Waals surface area contributed by atoms with Gasteiger partial charge in [0.25, 0.3) is 5.88 Å². The van der Waals surface area contributed by atoms with Gasteiger partial charge in [0.05, 0.1) is 32.0 Å². The number of aliphatic hydroxyl groups is 3. The third-order valence-electron chi connectivity index (χ3n) is 3.22. The van der Waals surface area contributed by atoms with E-state index >= 15 is 0 Å². The number of aromatic nitrogens is 1. The van der Waals surface area contributed by atoms with Crippen molar-refractivity contribution < 1.29 is 29.5 Å². The summed E-state index contributed by atoms with van der Waals surface area (Å²) in [5.74, 6) is 0.366. The van der Waals surface area contributed by atoms with Gasteiger partial charge in [0.1, 0.15) is 6.10 Å². The molecule has 0 bridgehead atoms. The van der Waals surface area contributed by atoms with Gasteiger partial charge in [-0.1, -0.05) is 5.11 Å². The van der Waals surface area contributed by atoms with E-state index in [0.717, 1.165) is 0 Å². The van der Waals surface area contributed by atoms with E-state index in [1.807, 2.05) is 0 Å². The molecule has 2 heterocycles. The van der Waals surface area contributed by atoms with Crippen molar-refractivity contribution in [3.8, 4) is 11.6 Å². The average Bonchev–Trinajstić information content (AvgIpc) is 2.55. The number of rotatable bonds is 5. The standard InChI is InChI=1S/C12H16N4O6/c1-20-6-3-2-4-14-11(6)22-12-10(19)9(18)8(15-16-13)7(5-17)21-12/h2-4,7-10,12,17-19H,5H2,1H3/t7-,8-,9+,10-,12+/m1/s1. The van der Waals surface area contributed by atoms with Gasteiger partial charge in [0.2, 0.25) is 6.29 Å². The molecule has 120 valence electrons. The highest BCUT2D eigenvalue weighted by Gasteiger charge is 2.45. The molecule has 5 atom stereocenters. The molecule has 0 aromatic carbocycles. The Hall–Kier alpha value is -2.10. The van der Waals surface area contributed by atoms with E-state index in [4.69, 9.17) is 19.7 Å². The van der Waals surface area contributed by atoms with Crippen LogP contribution in [0.5, 0.6) is 11.6 Å². The molecule has 22 heavy (non-hydrogen) atoms. The molecule has 0 aliphatic carbocycles. The zero-order chi connectivity index (χ0) is 16.1. The Bertz CT molecular complexity index is 550. The summed E-state index contributed by atoms with van der Waals surface area (Å²) in [6, 6.07) is 2.10. The summed E-state index contributed by atoms with van der Waals surface area (Å²) in [6.07, 6.45) is -3.82. The molecule has 0 unspecified atom stereocenters. The van der Waals surface area contributed by atoms with Gasteiger partial charge in [0.15, 0.2) is 5.75 Å². The molecule has 1 fully saturated rings. The molecule has 1 aromatic heterocycles. The van der Waals surface area contributed by atoms with Crippen LogP contribution in [0.25, 0.3) is 10.4 Å². The van der Waals surface area contributed by atoms with Crippen molar-refractivity contribution in [2.24, 2.45) is 5.11 Å². The van der Waals surface area contributed by atoms with E-state index in [0.29, 0.717) is 5.75 Å². The van der Waals surface area contributed by atoms with E-state index in [-0.39, 0.29) is 5.88 Å². The first-order chi connectivity index (χ1) is 10.6. The molecular weight excluding hydrogens is 296 g/mol. The molecule has 1 aliphatic heterocycles. The third kappa shape index (κ3) is 3.21. The van der Waals surface area contributed by atoms with Gasteiger partial charge in [-0.15, -0.1) is 0 Å². The summed E-state index contributed by atoms with van der Waals surface area (Å²) in [7, 11) is 1.42. The molecule has 1 aliphatic rings. The quantitative estimate of drug-likeness (QED) is 0.380. The minimum atomic E-state index is -1.50. The minimum Gasteiger partial charge on any atom is -0.491 e. The number of nitrogens with zero attached hydrogens (tertiary/aromatic N) is 4. The SMILES string of the molecule is COc1cccnc1O[C@@H]1O[C@H](CO)[C@@H](N=[N+]=[N-])[C@H](O)[C@H]1O. The highest BCUT2D eigenvalue weighted by Crippen LogP contribution is 2.29. The zero-order valence-electron chi connectivity index (χ0n) is 11.7. The number of hydrogen-bond donors (Lipinski definition) is 3. The molecule has 0 spiro atoms. The molecular formula is C12H16N4O6. The second-order valence-corrected chi connectivity index (χ2v) is 4.53. The first-order valence-corrected chi connectivity index (χ1v) is 6.44. The van der Waals surface area contributed by atoms with E-state index in [9.17, 15) is 15.3 Å². The van der Waals surface area contributed by atoms with Crippen molar-refractivity contribution in [2.75, 3.05) is 13.7 Å². The van der Waals surface area contributed by atoms with Crippen LogP contribution in [-0.4, -0.2) is 64.7 Å². The molecule has 3 N–H and O–H groups in total. The Morgan fingerprint density at radius 2 is 2.23 bits per heavy atom. The van der Waals surface area contributed by atoms with Crippen LogP contribution in [0.15, 0.2) is 23.4 Å². The summed E-state index contributed by atoms with van der Waals surface area (Å²) in [5.41, 5.74) is 8.48. The molecule has 2 rings (SSSR count). The predicted octanol–water partition coefficient (Wildman–Crippen LogP) is -0.413. The topological polar surface area (TPSA) is 150 Å². The normalized spacial score (nSPS) is 31.2. The third-order valence-corrected chi connectivity index (χ3v) is 3.22. The summed E-state index contributed by atoms with van der Waals surface area (Å²) in [6.45, 7) is -0.521. The Balaban J connectivity index is 2.19. The highest BCUT2D eigenvalue weighted by molar-refractivity contribution is 5.32. The second kappa shape index (κ2) is 7.25. The van der Waals surface area contributed by atoms with Crippen molar-refractivity contribution in [3.05, 3.63) is 28.8 Å². The van der Waals surface area contributed by atoms with Gasteiger partial charge in [-0.3, -0.25) is 0 Å². The summed E-state index contributed by atoms with van der Waals surface area (Å²) >= 11 is 0. The number of azide groups is 1. The number of pyridine rings is 1. The predicted molar refractivity (Wildman–Crippen MR) is 72.1 cm³/mol. The van der Waals surface area contributed by atoms with Crippen molar-refractivity contribution in [1.29, 1.82) is 0 Å². The van der Waals surface area contributed by atoms with Crippen LogP contribution in [0.3, 0.4) is 0 Å². The van der Waals surface area contributed by atoms with E-state index < -0.39 is 37.3 Å². The average molecular weight is 312 g/mol. The monoisotopic (exact) mass is 312 g/mol. The largest absolute Gasteiger partial charge is 0.491 e. The second-order valence-electron chi connectivity index (χ2n) is 4.53. The number of hydrogen-bond acceptors (Lipinski definition) is 8. The highest BCUT2D eigenvalue weighted by atomic mass is 16.7. The van der Waals surface area contributed by atoms with Gasteiger partial charge in [-0.2, -0.15) is 0 Å². The Morgan fingerprint density at radius 1 is 1.45 bits per heavy atom. The smallest absolute Gasteiger partial charge is 0.259 e. The van der Waals surface area contributed by atoms with Crippen molar-refractivity contribution >= 4 is 0 Å². The lowest BCUT2D eigenvalue weighted by molar-refractivity contribution is -0.248. The lowest BCUT2D eigenvalue weighted by Gasteiger charge is -2.39. The lowest BCUT2D eigenvalue weighted by atomic mass is 9.97. The number of ether oxygens (including phenoxy) is 3. The van der Waals surface area contributed by atoms with Crippen LogP contribution in [0.1, 0.15) is 0 Å². The van der Waals surface area contributed by atoms with E-state index in [1.165, 1.54) is 13.3 Å². The molecule has 1 saturated heterocycles. The van der Waals surface area contributed by atoms with Crippen LogP contribution in [0, 0.1) is 0 Å². The van der Waals surface area contributed by atoms with Crippen molar-refractivity contribution in [1.82, 2.24) is 4.98 Å². The number of methoxy groups -OCH3 is 1. The fourth-order valence-corrected chi connectivity index (χ4v) is 2.10. The Morgan fingerprint density at radius 3 is 2.86 bits per heavy atom. The molecule has 10 nitrogen and oxygen atoms in total. The van der Waals surface area contributed by atoms with Crippen LogP contribution < -0.4 is 9.47 Å². The van der Waals surface area contributed by atoms with Gasteiger partial charge >= 0.3 is 0 Å². The van der Waals surface area contributed by atoms with Gasteiger partial charge in [-0.25, -0.2) is 4.98 Å². The molecule has 0 radical (unpaired) electrons. The molecule has 0 amide bonds. The first-order valence-electron chi connectivity index (χ1n) is 6.44. The zero-order valence-corrected chi connectivity index (χ0v) is 11.7. The van der Waals surface area contributed by atoms with E-state index in [2.05, 4.69) is 15.0 Å². The maximum atomic E-state index is 10.0. The van der Waals surface area contributed by atoms with Crippen molar-refractivity contribution in [3.63, 3.8) is 0 Å². The lowest BCUT2D eigenvalue weighted by Crippen LogP contribution is -2.59. The molecule has 10 heteroatoms. The molecule has 0 saturated carbocycles. The van der Waals surface area contributed by atoms with Gasteiger partial charge < -0.3 is 29.5 Å². The van der Waals surface area contributed by atoms with Crippen LogP contribution in [0.2, 0.25) is 0 Å². The minimum absolute atomic E-state index is 0.0557. The van der Waals surface area contributed by atoms with Gasteiger partial charge in [0, 0.05) is 11.1 Å². The molecule has 1 aromatic rings. The van der Waals surface area contributed by atoms with Crippen LogP contribution in [-0.2, 0) is 4.74 Å². The van der Waals surface area contributed by atoms with Gasteiger partial charge in [-0.05, 0) is 17.7 Å². The first kappa shape index (κ1) is 16.3. The fraction of sp³-hybridized carbons (Fsp3) is 0.583. The maximum Gasteiger partial charge on any atom is 0.259 e. The maximum absolute atomic E-state index is 10.0. The Kier molecular flexibility index (Phi) is 5.36.